The lowest BCUT2D eigenvalue weighted by molar-refractivity contribution is 0.421. The summed E-state index contributed by atoms with van der Waals surface area (Å²) >= 11 is 0. The zero-order valence-corrected chi connectivity index (χ0v) is 11.1. The van der Waals surface area contributed by atoms with Crippen molar-refractivity contribution in [1.82, 2.24) is 4.31 Å². The van der Waals surface area contributed by atoms with Gasteiger partial charge in [-0.2, -0.15) is 9.57 Å². The van der Waals surface area contributed by atoms with Gasteiger partial charge in [0.1, 0.15) is 11.9 Å². The predicted octanol–water partition coefficient (Wildman–Crippen LogP) is 2.06. The first-order chi connectivity index (χ1) is 8.44. The van der Waals surface area contributed by atoms with Crippen LogP contribution in [0.4, 0.5) is 4.39 Å². The molecule has 18 heavy (non-hydrogen) atoms. The van der Waals surface area contributed by atoms with Crippen LogP contribution >= 0.6 is 0 Å². The standard InChI is InChI=1S/C12H15FN2O2S/c1-3-8-18(16,17)15(2)12(9-14)10-6-4-5-7-11(10)13/h4-7,12H,3,8H2,1-2H3. The molecular weight excluding hydrogens is 255 g/mol. The first-order valence-electron chi connectivity index (χ1n) is 5.53. The Hall–Kier alpha value is -1.45. The van der Waals surface area contributed by atoms with Crippen molar-refractivity contribution in [3.8, 4) is 6.07 Å². The second-order valence-electron chi connectivity index (χ2n) is 3.89. The molecule has 1 rings (SSSR count). The minimum atomic E-state index is -3.54. The molecule has 0 radical (unpaired) electrons. The largest absolute Gasteiger partial charge is 0.215 e. The fourth-order valence-electron chi connectivity index (χ4n) is 1.61. The quantitative estimate of drug-likeness (QED) is 0.822. The maximum Gasteiger partial charge on any atom is 0.215 e. The number of hydrogen-bond acceptors (Lipinski definition) is 3. The van der Waals surface area contributed by atoms with Gasteiger partial charge >= 0.3 is 0 Å². The van der Waals surface area contributed by atoms with Gasteiger partial charge in [0.05, 0.1) is 11.8 Å². The minimum absolute atomic E-state index is 0.0594. The minimum Gasteiger partial charge on any atom is -0.212 e. The molecule has 1 aromatic carbocycles. The zero-order chi connectivity index (χ0) is 13.8. The molecule has 0 saturated carbocycles. The number of hydrogen-bond donors (Lipinski definition) is 0. The van der Waals surface area contributed by atoms with Crippen molar-refractivity contribution < 1.29 is 12.8 Å². The molecule has 0 aliphatic rings. The number of sulfonamides is 1. The lowest BCUT2D eigenvalue weighted by atomic mass is 10.1. The molecular formula is C12H15FN2O2S. The van der Waals surface area contributed by atoms with Crippen molar-refractivity contribution in [3.63, 3.8) is 0 Å². The first kappa shape index (κ1) is 14.6. The van der Waals surface area contributed by atoms with E-state index >= 15 is 0 Å². The molecule has 0 bridgehead atoms. The Balaban J connectivity index is 3.14. The van der Waals surface area contributed by atoms with E-state index in [-0.39, 0.29) is 11.3 Å². The molecule has 0 spiro atoms. The third-order valence-electron chi connectivity index (χ3n) is 2.59. The Bertz CT molecular complexity index is 551. The maximum atomic E-state index is 13.6. The van der Waals surface area contributed by atoms with Gasteiger partial charge in [-0.15, -0.1) is 0 Å². The average Bonchev–Trinajstić information content (AvgIpc) is 2.32. The van der Waals surface area contributed by atoms with Crippen molar-refractivity contribution in [2.75, 3.05) is 12.8 Å². The van der Waals surface area contributed by atoms with E-state index in [2.05, 4.69) is 0 Å². The highest BCUT2D eigenvalue weighted by molar-refractivity contribution is 7.89. The van der Waals surface area contributed by atoms with Crippen molar-refractivity contribution in [3.05, 3.63) is 35.6 Å². The van der Waals surface area contributed by atoms with Crippen LogP contribution in [0.2, 0.25) is 0 Å². The molecule has 0 heterocycles. The molecule has 1 aromatic rings. The Morgan fingerprint density at radius 3 is 2.56 bits per heavy atom. The SMILES string of the molecule is CCCS(=O)(=O)N(C)C(C#N)c1ccccc1F. The Labute approximate surface area is 107 Å². The number of benzene rings is 1. The summed E-state index contributed by atoms with van der Waals surface area (Å²) in [6.07, 6.45) is 0.447. The number of halogens is 1. The topological polar surface area (TPSA) is 61.2 Å². The number of nitriles is 1. The molecule has 4 nitrogen and oxygen atoms in total. The van der Waals surface area contributed by atoms with Gasteiger partial charge in [-0.05, 0) is 12.5 Å². The molecule has 98 valence electrons. The van der Waals surface area contributed by atoms with E-state index in [0.717, 1.165) is 4.31 Å². The number of nitrogens with zero attached hydrogens (tertiary/aromatic N) is 2. The molecule has 6 heteroatoms. The predicted molar refractivity (Wildman–Crippen MR) is 66.6 cm³/mol. The van der Waals surface area contributed by atoms with Crippen molar-refractivity contribution in [1.29, 1.82) is 5.26 Å². The van der Waals surface area contributed by atoms with Gasteiger partial charge in [-0.1, -0.05) is 25.1 Å². The Morgan fingerprint density at radius 1 is 1.44 bits per heavy atom. The third kappa shape index (κ3) is 3.06. The second kappa shape index (κ2) is 5.94. The normalized spacial score (nSPS) is 13.3. The summed E-state index contributed by atoms with van der Waals surface area (Å²) in [6, 6.07) is 6.39. The van der Waals surface area contributed by atoms with E-state index in [1.54, 1.807) is 13.0 Å². The van der Waals surface area contributed by atoms with E-state index in [4.69, 9.17) is 5.26 Å². The van der Waals surface area contributed by atoms with E-state index in [0.29, 0.717) is 6.42 Å². The van der Waals surface area contributed by atoms with Crippen LogP contribution in [-0.2, 0) is 10.0 Å². The van der Waals surface area contributed by atoms with Crippen LogP contribution in [0.3, 0.4) is 0 Å². The summed E-state index contributed by atoms with van der Waals surface area (Å²) in [7, 11) is -2.25. The van der Waals surface area contributed by atoms with E-state index < -0.39 is 21.9 Å². The van der Waals surface area contributed by atoms with Crippen LogP contribution in [0.1, 0.15) is 24.9 Å². The monoisotopic (exact) mass is 270 g/mol. The molecule has 0 saturated heterocycles. The van der Waals surface area contributed by atoms with E-state index in [9.17, 15) is 12.8 Å². The van der Waals surface area contributed by atoms with Crippen molar-refractivity contribution in [2.45, 2.75) is 19.4 Å². The second-order valence-corrected chi connectivity index (χ2v) is 6.03. The fraction of sp³-hybridized carbons (Fsp3) is 0.417. The van der Waals surface area contributed by atoms with Crippen LogP contribution in [0.5, 0.6) is 0 Å². The molecule has 0 fully saturated rings. The van der Waals surface area contributed by atoms with E-state index in [1.807, 2.05) is 6.07 Å². The van der Waals surface area contributed by atoms with Gasteiger partial charge in [0.2, 0.25) is 10.0 Å². The van der Waals surface area contributed by atoms with Crippen molar-refractivity contribution >= 4 is 10.0 Å². The zero-order valence-electron chi connectivity index (χ0n) is 10.3. The van der Waals surface area contributed by atoms with Gasteiger partial charge in [0.15, 0.2) is 0 Å². The van der Waals surface area contributed by atoms with Crippen LogP contribution in [0.15, 0.2) is 24.3 Å². The Kier molecular flexibility index (Phi) is 4.82. The molecule has 0 aliphatic carbocycles. The van der Waals surface area contributed by atoms with Gasteiger partial charge < -0.3 is 0 Å². The highest BCUT2D eigenvalue weighted by atomic mass is 32.2. The highest BCUT2D eigenvalue weighted by Crippen LogP contribution is 2.24. The lowest BCUT2D eigenvalue weighted by Crippen LogP contribution is -2.32. The van der Waals surface area contributed by atoms with Gasteiger partial charge in [-0.25, -0.2) is 12.8 Å². The van der Waals surface area contributed by atoms with Gasteiger partial charge in [0, 0.05) is 12.6 Å². The van der Waals surface area contributed by atoms with Crippen LogP contribution in [0, 0.1) is 17.1 Å². The lowest BCUT2D eigenvalue weighted by Gasteiger charge is -2.22. The van der Waals surface area contributed by atoms with Crippen molar-refractivity contribution in [2.24, 2.45) is 0 Å². The molecule has 0 N–H and O–H groups in total. The molecule has 1 atom stereocenters. The summed E-state index contributed by atoms with van der Waals surface area (Å²) in [4.78, 5) is 0. The van der Waals surface area contributed by atoms with Crippen LogP contribution in [0.25, 0.3) is 0 Å². The maximum absolute atomic E-state index is 13.6. The molecule has 0 aliphatic heterocycles. The van der Waals surface area contributed by atoms with Gasteiger partial charge in [-0.3, -0.25) is 0 Å². The summed E-state index contributed by atoms with van der Waals surface area (Å²) in [5, 5.41) is 9.08. The molecule has 0 aromatic heterocycles. The summed E-state index contributed by atoms with van der Waals surface area (Å²) in [5.41, 5.74) is 0.0715. The molecule has 1 unspecified atom stereocenters. The average molecular weight is 270 g/mol. The molecule has 0 amide bonds. The highest BCUT2D eigenvalue weighted by Gasteiger charge is 2.28. The Morgan fingerprint density at radius 2 is 2.06 bits per heavy atom. The third-order valence-corrected chi connectivity index (χ3v) is 4.60. The summed E-state index contributed by atoms with van der Waals surface area (Å²) in [5.74, 6) is -0.640. The van der Waals surface area contributed by atoms with Gasteiger partial charge in [0.25, 0.3) is 0 Å². The van der Waals surface area contributed by atoms with Crippen LogP contribution in [-0.4, -0.2) is 25.5 Å². The fourth-order valence-corrected chi connectivity index (χ4v) is 2.89. The number of rotatable bonds is 5. The first-order valence-corrected chi connectivity index (χ1v) is 7.14. The smallest absolute Gasteiger partial charge is 0.212 e. The van der Waals surface area contributed by atoms with E-state index in [1.165, 1.54) is 25.2 Å². The van der Waals surface area contributed by atoms with Crippen LogP contribution < -0.4 is 0 Å². The summed E-state index contributed by atoms with van der Waals surface area (Å²) in [6.45, 7) is 1.73. The summed E-state index contributed by atoms with van der Waals surface area (Å²) < 4.78 is 38.2.